The average molecular weight is 534 g/mol. The number of nitrogens with zero attached hydrogens (tertiary/aromatic N) is 1. The number of carboxylic acids is 1. The zero-order valence-electron chi connectivity index (χ0n) is 22.1. The molecule has 3 aromatic carbocycles. The van der Waals surface area contributed by atoms with Crippen LogP contribution < -0.4 is 11.1 Å². The van der Waals surface area contributed by atoms with Crippen molar-refractivity contribution >= 4 is 23.7 Å². The standard InChI is InChI=1S/C30H35N3O6/c1-20(2)17-33(18-27(34)29(37)39-19-22-6-4-3-5-7-22)30(38)32-26(28(35)36)16-21-8-10-23(11-9-21)24-12-14-25(31)15-13-24/h3-15,20,26-27,34H,16-19,31H2,1-2H3,(H,32,38)(H,35,36)/t26-,27-/m0/s1. The van der Waals surface area contributed by atoms with E-state index in [2.05, 4.69) is 5.32 Å². The Morgan fingerprint density at radius 2 is 1.46 bits per heavy atom. The van der Waals surface area contributed by atoms with Gasteiger partial charge in [-0.3, -0.25) is 0 Å². The van der Waals surface area contributed by atoms with E-state index in [1.807, 2.05) is 68.4 Å². The van der Waals surface area contributed by atoms with Gasteiger partial charge in [-0.2, -0.15) is 0 Å². The fourth-order valence-electron chi connectivity index (χ4n) is 3.97. The third kappa shape index (κ3) is 9.15. The number of hydrogen-bond acceptors (Lipinski definition) is 6. The number of hydrogen-bond donors (Lipinski definition) is 4. The van der Waals surface area contributed by atoms with Crippen molar-refractivity contribution in [2.75, 3.05) is 18.8 Å². The highest BCUT2D eigenvalue weighted by Crippen LogP contribution is 2.21. The van der Waals surface area contributed by atoms with Crippen LogP contribution in [0.4, 0.5) is 10.5 Å². The van der Waals surface area contributed by atoms with Crippen LogP contribution in [0.3, 0.4) is 0 Å². The number of aliphatic hydroxyl groups excluding tert-OH is 1. The molecule has 39 heavy (non-hydrogen) atoms. The van der Waals surface area contributed by atoms with Crippen LogP contribution in [-0.2, 0) is 27.4 Å². The Hall–Kier alpha value is -4.37. The topological polar surface area (TPSA) is 142 Å². The molecule has 0 aromatic heterocycles. The number of anilines is 1. The largest absolute Gasteiger partial charge is 0.480 e. The van der Waals surface area contributed by atoms with Gasteiger partial charge in [-0.1, -0.05) is 80.6 Å². The minimum Gasteiger partial charge on any atom is -0.480 e. The Kier molecular flexibility index (Phi) is 10.5. The van der Waals surface area contributed by atoms with Crippen molar-refractivity contribution in [3.05, 3.63) is 90.0 Å². The van der Waals surface area contributed by atoms with Crippen LogP contribution in [0.5, 0.6) is 0 Å². The monoisotopic (exact) mass is 533 g/mol. The molecule has 9 nitrogen and oxygen atoms in total. The van der Waals surface area contributed by atoms with E-state index in [-0.39, 0.29) is 32.0 Å². The number of aliphatic hydroxyl groups is 1. The summed E-state index contributed by atoms with van der Waals surface area (Å²) in [6.07, 6.45) is -1.53. The number of nitrogen functional groups attached to an aromatic ring is 1. The molecule has 0 saturated carbocycles. The summed E-state index contributed by atoms with van der Waals surface area (Å²) in [6, 6.07) is 21.9. The van der Waals surface area contributed by atoms with E-state index in [1.54, 1.807) is 24.3 Å². The van der Waals surface area contributed by atoms with Crippen molar-refractivity contribution in [3.8, 4) is 11.1 Å². The summed E-state index contributed by atoms with van der Waals surface area (Å²) >= 11 is 0. The maximum absolute atomic E-state index is 13.1. The fraction of sp³-hybridized carbons (Fsp3) is 0.300. The second kappa shape index (κ2) is 14.0. The molecule has 0 unspecified atom stereocenters. The molecule has 3 rings (SSSR count). The Morgan fingerprint density at radius 1 is 0.872 bits per heavy atom. The van der Waals surface area contributed by atoms with Gasteiger partial charge in [0.2, 0.25) is 0 Å². The highest BCUT2D eigenvalue weighted by atomic mass is 16.5. The van der Waals surface area contributed by atoms with Crippen LogP contribution in [0.25, 0.3) is 11.1 Å². The number of carbonyl (C=O) groups is 3. The number of urea groups is 1. The summed E-state index contributed by atoms with van der Waals surface area (Å²) in [7, 11) is 0. The summed E-state index contributed by atoms with van der Waals surface area (Å²) in [4.78, 5) is 38.6. The van der Waals surface area contributed by atoms with Crippen LogP contribution in [0, 0.1) is 5.92 Å². The Labute approximate surface area is 228 Å². The minimum atomic E-state index is -1.58. The minimum absolute atomic E-state index is 0.00690. The van der Waals surface area contributed by atoms with Crippen molar-refractivity contribution < 1.29 is 29.3 Å². The number of nitrogens with two attached hydrogens (primary N) is 1. The second-order valence-electron chi connectivity index (χ2n) is 9.77. The Balaban J connectivity index is 1.62. The highest BCUT2D eigenvalue weighted by Gasteiger charge is 2.28. The van der Waals surface area contributed by atoms with Gasteiger partial charge in [-0.15, -0.1) is 0 Å². The summed E-state index contributed by atoms with van der Waals surface area (Å²) in [6.45, 7) is 3.61. The second-order valence-corrected chi connectivity index (χ2v) is 9.77. The maximum atomic E-state index is 13.1. The normalized spacial score (nSPS) is 12.4. The van der Waals surface area contributed by atoms with Crippen LogP contribution in [-0.4, -0.2) is 58.3 Å². The van der Waals surface area contributed by atoms with Gasteiger partial charge in [0.25, 0.3) is 0 Å². The predicted octanol–water partition coefficient (Wildman–Crippen LogP) is 3.70. The lowest BCUT2D eigenvalue weighted by Crippen LogP contribution is -2.52. The molecule has 0 radical (unpaired) electrons. The smallest absolute Gasteiger partial charge is 0.337 e. The number of carboxylic acid groups (broad SMARTS) is 1. The SMILES string of the molecule is CC(C)CN(C[C@H](O)C(=O)OCc1ccccc1)C(=O)N[C@@H](Cc1ccc(-c2ccc(N)cc2)cc1)C(=O)O. The molecule has 0 saturated heterocycles. The molecule has 0 aliphatic heterocycles. The molecule has 206 valence electrons. The molecule has 9 heteroatoms. The van der Waals surface area contributed by atoms with E-state index in [0.29, 0.717) is 5.69 Å². The summed E-state index contributed by atoms with van der Waals surface area (Å²) in [5, 5.41) is 22.7. The number of amides is 2. The number of aliphatic carboxylic acids is 1. The number of nitrogens with one attached hydrogen (secondary N) is 1. The summed E-state index contributed by atoms with van der Waals surface area (Å²) in [5.41, 5.74) is 9.83. The zero-order valence-corrected chi connectivity index (χ0v) is 22.1. The van der Waals surface area contributed by atoms with Gasteiger partial charge in [-0.05, 0) is 40.3 Å². The molecule has 0 aliphatic rings. The van der Waals surface area contributed by atoms with Gasteiger partial charge in [0.15, 0.2) is 6.10 Å². The number of rotatable bonds is 12. The highest BCUT2D eigenvalue weighted by molar-refractivity contribution is 5.83. The van der Waals surface area contributed by atoms with Gasteiger partial charge >= 0.3 is 18.0 Å². The van der Waals surface area contributed by atoms with E-state index < -0.39 is 30.1 Å². The lowest BCUT2D eigenvalue weighted by Gasteiger charge is -2.28. The molecule has 0 aliphatic carbocycles. The van der Waals surface area contributed by atoms with E-state index >= 15 is 0 Å². The third-order valence-electron chi connectivity index (χ3n) is 6.00. The third-order valence-corrected chi connectivity index (χ3v) is 6.00. The molecule has 0 spiro atoms. The van der Waals surface area contributed by atoms with Crippen LogP contribution >= 0.6 is 0 Å². The Bertz CT molecular complexity index is 1230. The molecule has 2 amide bonds. The maximum Gasteiger partial charge on any atom is 0.337 e. The lowest BCUT2D eigenvalue weighted by molar-refractivity contribution is -0.155. The van der Waals surface area contributed by atoms with E-state index in [0.717, 1.165) is 22.3 Å². The first-order valence-corrected chi connectivity index (χ1v) is 12.7. The number of benzene rings is 3. The average Bonchev–Trinajstić information content (AvgIpc) is 2.92. The van der Waals surface area contributed by atoms with Crippen LogP contribution in [0.1, 0.15) is 25.0 Å². The molecular formula is C30H35N3O6. The van der Waals surface area contributed by atoms with Crippen LogP contribution in [0.2, 0.25) is 0 Å². The lowest BCUT2D eigenvalue weighted by atomic mass is 10.0. The molecule has 0 heterocycles. The predicted molar refractivity (Wildman–Crippen MR) is 149 cm³/mol. The summed E-state index contributed by atoms with van der Waals surface area (Å²) < 4.78 is 5.17. The molecule has 0 bridgehead atoms. The number of esters is 1. The number of carbonyl (C=O) groups excluding carboxylic acids is 2. The Morgan fingerprint density at radius 3 is 2.03 bits per heavy atom. The molecule has 5 N–H and O–H groups in total. The van der Waals surface area contributed by atoms with Crippen LogP contribution in [0.15, 0.2) is 78.9 Å². The zero-order chi connectivity index (χ0) is 28.4. The fourth-order valence-corrected chi connectivity index (χ4v) is 3.97. The first kappa shape index (κ1) is 29.2. The first-order valence-electron chi connectivity index (χ1n) is 12.7. The number of ether oxygens (including phenoxy) is 1. The van der Waals surface area contributed by atoms with Gasteiger partial charge < -0.3 is 30.9 Å². The van der Waals surface area contributed by atoms with E-state index in [4.69, 9.17) is 10.5 Å². The molecular weight excluding hydrogens is 498 g/mol. The first-order chi connectivity index (χ1) is 18.6. The van der Waals surface area contributed by atoms with E-state index in [1.165, 1.54) is 4.90 Å². The summed E-state index contributed by atoms with van der Waals surface area (Å²) in [5.74, 6) is -2.05. The van der Waals surface area contributed by atoms with Crippen molar-refractivity contribution in [3.63, 3.8) is 0 Å². The quantitative estimate of drug-likeness (QED) is 0.205. The van der Waals surface area contributed by atoms with Crippen molar-refractivity contribution in [2.24, 2.45) is 5.92 Å². The van der Waals surface area contributed by atoms with Gasteiger partial charge in [0, 0.05) is 18.7 Å². The van der Waals surface area contributed by atoms with Gasteiger partial charge in [0.1, 0.15) is 12.6 Å². The van der Waals surface area contributed by atoms with Gasteiger partial charge in [0.05, 0.1) is 6.54 Å². The van der Waals surface area contributed by atoms with Crippen molar-refractivity contribution in [1.29, 1.82) is 0 Å². The molecule has 2 atom stereocenters. The van der Waals surface area contributed by atoms with Crippen molar-refractivity contribution in [2.45, 2.75) is 39.0 Å². The van der Waals surface area contributed by atoms with Gasteiger partial charge in [-0.25, -0.2) is 14.4 Å². The van der Waals surface area contributed by atoms with Crippen molar-refractivity contribution in [1.82, 2.24) is 10.2 Å². The molecule has 3 aromatic rings. The van der Waals surface area contributed by atoms with E-state index in [9.17, 15) is 24.6 Å². The molecule has 0 fully saturated rings.